The van der Waals surface area contributed by atoms with Crippen LogP contribution in [0.1, 0.15) is 18.2 Å². The minimum atomic E-state index is -0.153. The van der Waals surface area contributed by atoms with Crippen molar-refractivity contribution in [3.8, 4) is 0 Å². The highest BCUT2D eigenvalue weighted by molar-refractivity contribution is 7.99. The van der Waals surface area contributed by atoms with Gasteiger partial charge in [-0.05, 0) is 43.7 Å². The van der Waals surface area contributed by atoms with Crippen LogP contribution in [0.5, 0.6) is 0 Å². The molecule has 0 saturated heterocycles. The summed E-state index contributed by atoms with van der Waals surface area (Å²) in [4.78, 5) is 22.7. The number of aromatic amines is 1. The van der Waals surface area contributed by atoms with Gasteiger partial charge in [0.25, 0.3) is 5.56 Å². The molecule has 0 aliphatic rings. The van der Waals surface area contributed by atoms with Crippen LogP contribution in [0.15, 0.2) is 39.4 Å². The quantitative estimate of drug-likeness (QED) is 0.827. The molecule has 0 bridgehead atoms. The highest BCUT2D eigenvalue weighted by atomic mass is 32.2. The molecule has 19 heavy (non-hydrogen) atoms. The van der Waals surface area contributed by atoms with E-state index in [9.17, 15) is 4.79 Å². The second-order valence-electron chi connectivity index (χ2n) is 4.44. The average molecular weight is 276 g/mol. The topological polar surface area (TPSA) is 84.7 Å². The smallest absolute Gasteiger partial charge is 0.251 e. The van der Waals surface area contributed by atoms with Gasteiger partial charge in [-0.15, -0.1) is 0 Å². The Kier molecular flexibility index (Phi) is 4.34. The van der Waals surface area contributed by atoms with Crippen molar-refractivity contribution >= 4 is 11.8 Å². The van der Waals surface area contributed by atoms with Gasteiger partial charge in [-0.1, -0.05) is 6.07 Å². The number of hydrogen-bond acceptors (Lipinski definition) is 5. The van der Waals surface area contributed by atoms with Crippen molar-refractivity contribution in [3.05, 3.63) is 46.0 Å². The van der Waals surface area contributed by atoms with E-state index in [0.29, 0.717) is 10.9 Å². The molecule has 0 saturated carbocycles. The van der Waals surface area contributed by atoms with E-state index >= 15 is 0 Å². The Hall–Kier alpha value is -1.66. The summed E-state index contributed by atoms with van der Waals surface area (Å²) in [5.74, 6) is 0. The highest BCUT2D eigenvalue weighted by Gasteiger charge is 2.09. The Morgan fingerprint density at radius 2 is 2.32 bits per heavy atom. The molecule has 0 aliphatic carbocycles. The van der Waals surface area contributed by atoms with Gasteiger partial charge in [-0.2, -0.15) is 0 Å². The monoisotopic (exact) mass is 276 g/mol. The molecule has 2 heterocycles. The zero-order valence-corrected chi connectivity index (χ0v) is 11.7. The lowest BCUT2D eigenvalue weighted by Crippen LogP contribution is -2.18. The normalized spacial score (nSPS) is 12.4. The summed E-state index contributed by atoms with van der Waals surface area (Å²) in [6.45, 7) is 3.74. The van der Waals surface area contributed by atoms with Crippen LogP contribution < -0.4 is 11.3 Å². The third kappa shape index (κ3) is 3.90. The SMILES string of the molecule is Cc1cc(=O)[nH]c(Sc2ncccc2CC(C)N)n1. The van der Waals surface area contributed by atoms with Crippen LogP contribution in [0.2, 0.25) is 0 Å². The fraction of sp³-hybridized carbons (Fsp3) is 0.308. The molecular formula is C13H16N4OS. The molecule has 1 unspecified atom stereocenters. The van der Waals surface area contributed by atoms with Crippen molar-refractivity contribution in [2.75, 3.05) is 0 Å². The minimum absolute atomic E-state index is 0.0630. The Morgan fingerprint density at radius 3 is 3.00 bits per heavy atom. The molecule has 0 radical (unpaired) electrons. The van der Waals surface area contributed by atoms with Crippen LogP contribution in [-0.4, -0.2) is 21.0 Å². The van der Waals surface area contributed by atoms with Crippen LogP contribution in [0.4, 0.5) is 0 Å². The summed E-state index contributed by atoms with van der Waals surface area (Å²) in [6, 6.07) is 5.40. The van der Waals surface area contributed by atoms with E-state index in [2.05, 4.69) is 15.0 Å². The first-order valence-corrected chi connectivity index (χ1v) is 6.81. The van der Waals surface area contributed by atoms with Crippen LogP contribution in [0, 0.1) is 6.92 Å². The summed E-state index contributed by atoms with van der Waals surface area (Å²) in [5.41, 5.74) is 7.42. The lowest BCUT2D eigenvalue weighted by molar-refractivity contribution is 0.722. The van der Waals surface area contributed by atoms with Crippen LogP contribution >= 0.6 is 11.8 Å². The average Bonchev–Trinajstić information content (AvgIpc) is 2.29. The summed E-state index contributed by atoms with van der Waals surface area (Å²) in [7, 11) is 0. The van der Waals surface area contributed by atoms with E-state index in [1.54, 1.807) is 13.1 Å². The summed E-state index contributed by atoms with van der Waals surface area (Å²) in [5, 5.41) is 1.38. The number of nitrogens with zero attached hydrogens (tertiary/aromatic N) is 2. The predicted octanol–water partition coefficient (Wildman–Crippen LogP) is 1.51. The second kappa shape index (κ2) is 5.99. The lowest BCUT2D eigenvalue weighted by atomic mass is 10.1. The van der Waals surface area contributed by atoms with Crippen molar-refractivity contribution in [2.24, 2.45) is 5.73 Å². The fourth-order valence-corrected chi connectivity index (χ4v) is 2.63. The van der Waals surface area contributed by atoms with Gasteiger partial charge in [-0.3, -0.25) is 4.79 Å². The molecule has 5 nitrogen and oxygen atoms in total. The molecule has 2 rings (SSSR count). The maximum absolute atomic E-state index is 11.4. The first kappa shape index (κ1) is 13.8. The molecule has 100 valence electrons. The molecule has 3 N–H and O–H groups in total. The van der Waals surface area contributed by atoms with Crippen LogP contribution in [-0.2, 0) is 6.42 Å². The third-order valence-corrected chi connectivity index (χ3v) is 3.38. The second-order valence-corrected chi connectivity index (χ2v) is 5.42. The zero-order chi connectivity index (χ0) is 13.8. The molecule has 6 heteroatoms. The van der Waals surface area contributed by atoms with Crippen molar-refractivity contribution in [1.29, 1.82) is 0 Å². The van der Waals surface area contributed by atoms with Gasteiger partial charge in [0.2, 0.25) is 0 Å². The standard InChI is InChI=1S/C13H16N4OS/c1-8(14)6-10-4-3-5-15-12(10)19-13-16-9(2)7-11(18)17-13/h3-5,7-8H,6,14H2,1-2H3,(H,16,17,18). The molecule has 0 aliphatic heterocycles. The Balaban J connectivity index is 2.30. The van der Waals surface area contributed by atoms with Crippen molar-refractivity contribution in [1.82, 2.24) is 15.0 Å². The van der Waals surface area contributed by atoms with Crippen LogP contribution in [0.25, 0.3) is 0 Å². The van der Waals surface area contributed by atoms with E-state index < -0.39 is 0 Å². The lowest BCUT2D eigenvalue weighted by Gasteiger charge is -2.09. The first-order valence-electron chi connectivity index (χ1n) is 6.00. The molecule has 1 atom stereocenters. The number of aromatic nitrogens is 3. The maximum atomic E-state index is 11.4. The van der Waals surface area contributed by atoms with Gasteiger partial charge < -0.3 is 10.7 Å². The van der Waals surface area contributed by atoms with E-state index in [4.69, 9.17) is 5.73 Å². The Bertz CT molecular complexity index is 624. The molecule has 0 spiro atoms. The van der Waals surface area contributed by atoms with Gasteiger partial charge in [-0.25, -0.2) is 9.97 Å². The third-order valence-electron chi connectivity index (χ3n) is 2.43. The van der Waals surface area contributed by atoms with Gasteiger partial charge >= 0.3 is 0 Å². The van der Waals surface area contributed by atoms with Gasteiger partial charge in [0.15, 0.2) is 5.16 Å². The number of nitrogens with one attached hydrogen (secondary N) is 1. The maximum Gasteiger partial charge on any atom is 0.251 e. The van der Waals surface area contributed by atoms with E-state index in [1.807, 2.05) is 19.1 Å². The van der Waals surface area contributed by atoms with Gasteiger partial charge in [0, 0.05) is 24.0 Å². The molecule has 2 aromatic rings. The van der Waals surface area contributed by atoms with E-state index in [-0.39, 0.29) is 11.6 Å². The predicted molar refractivity (Wildman–Crippen MR) is 75.3 cm³/mol. The van der Waals surface area contributed by atoms with E-state index in [1.165, 1.54) is 17.8 Å². The van der Waals surface area contributed by atoms with Crippen molar-refractivity contribution < 1.29 is 0 Å². The highest BCUT2D eigenvalue weighted by Crippen LogP contribution is 2.25. The minimum Gasteiger partial charge on any atom is -0.328 e. The molecule has 0 fully saturated rings. The summed E-state index contributed by atoms with van der Waals surface area (Å²) < 4.78 is 0. The van der Waals surface area contributed by atoms with Gasteiger partial charge in [0.05, 0.1) is 0 Å². The number of hydrogen-bond donors (Lipinski definition) is 2. The zero-order valence-electron chi connectivity index (χ0n) is 10.9. The fourth-order valence-electron chi connectivity index (χ4n) is 1.71. The Morgan fingerprint density at radius 1 is 1.53 bits per heavy atom. The Labute approximate surface area is 115 Å². The summed E-state index contributed by atoms with van der Waals surface area (Å²) >= 11 is 1.35. The molecule has 2 aromatic heterocycles. The van der Waals surface area contributed by atoms with Crippen molar-refractivity contribution in [2.45, 2.75) is 36.5 Å². The van der Waals surface area contributed by atoms with Crippen LogP contribution in [0.3, 0.4) is 0 Å². The molecule has 0 aromatic carbocycles. The number of nitrogens with two attached hydrogens (primary N) is 1. The van der Waals surface area contributed by atoms with E-state index in [0.717, 1.165) is 17.0 Å². The number of H-pyrrole nitrogens is 1. The molecule has 0 amide bonds. The number of pyridine rings is 1. The number of rotatable bonds is 4. The molecular weight excluding hydrogens is 260 g/mol. The first-order chi connectivity index (χ1) is 9.04. The van der Waals surface area contributed by atoms with Gasteiger partial charge in [0.1, 0.15) is 5.03 Å². The van der Waals surface area contributed by atoms with Crippen molar-refractivity contribution in [3.63, 3.8) is 0 Å². The largest absolute Gasteiger partial charge is 0.328 e. The number of aryl methyl sites for hydroxylation is 1. The summed E-state index contributed by atoms with van der Waals surface area (Å²) in [6.07, 6.45) is 2.47.